The summed E-state index contributed by atoms with van der Waals surface area (Å²) in [6.45, 7) is 4.66. The number of fused-ring (bicyclic) bond motifs is 1. The van der Waals surface area contributed by atoms with E-state index in [1.165, 1.54) is 23.3 Å². The summed E-state index contributed by atoms with van der Waals surface area (Å²) in [5.74, 6) is 0.539. The number of aliphatic hydroxyl groups excluding tert-OH is 1. The molecule has 102 valence electrons. The van der Waals surface area contributed by atoms with Gasteiger partial charge in [0.15, 0.2) is 0 Å². The van der Waals surface area contributed by atoms with Gasteiger partial charge in [-0.05, 0) is 43.2 Å². The normalized spacial score (nSPS) is 21.1. The van der Waals surface area contributed by atoms with Crippen LogP contribution in [0.25, 0.3) is 0 Å². The zero-order valence-electron chi connectivity index (χ0n) is 11.1. The van der Waals surface area contributed by atoms with Gasteiger partial charge in [-0.2, -0.15) is 0 Å². The number of halogens is 1. The molecule has 0 saturated carbocycles. The number of rotatable bonds is 5. The highest BCUT2D eigenvalue weighted by atomic mass is 35.5. The van der Waals surface area contributed by atoms with E-state index in [9.17, 15) is 0 Å². The predicted octanol–water partition coefficient (Wildman–Crippen LogP) is 3.78. The lowest BCUT2D eigenvalue weighted by Gasteiger charge is -2.30. The molecular formula is C14H22ClNOS. The van der Waals surface area contributed by atoms with Crippen LogP contribution in [0.5, 0.6) is 0 Å². The Hall–Kier alpha value is -0.0900. The van der Waals surface area contributed by atoms with Gasteiger partial charge in [-0.25, -0.2) is 0 Å². The van der Waals surface area contributed by atoms with E-state index in [2.05, 4.69) is 25.2 Å². The van der Waals surface area contributed by atoms with E-state index >= 15 is 0 Å². The van der Waals surface area contributed by atoms with Crippen molar-refractivity contribution in [1.82, 2.24) is 5.32 Å². The van der Waals surface area contributed by atoms with Gasteiger partial charge in [0, 0.05) is 23.6 Å². The first-order chi connectivity index (χ1) is 8.61. The maximum absolute atomic E-state index is 9.16. The third-order valence-corrected chi connectivity index (χ3v) is 5.08. The van der Waals surface area contributed by atoms with Gasteiger partial charge >= 0.3 is 0 Å². The van der Waals surface area contributed by atoms with Crippen molar-refractivity contribution in [3.05, 3.63) is 20.8 Å². The van der Waals surface area contributed by atoms with E-state index in [4.69, 9.17) is 16.7 Å². The van der Waals surface area contributed by atoms with Crippen LogP contribution in [0.2, 0.25) is 4.34 Å². The van der Waals surface area contributed by atoms with Crippen molar-refractivity contribution < 1.29 is 5.11 Å². The van der Waals surface area contributed by atoms with Crippen LogP contribution >= 0.6 is 22.9 Å². The van der Waals surface area contributed by atoms with E-state index in [0.717, 1.165) is 17.2 Å². The zero-order valence-corrected chi connectivity index (χ0v) is 12.7. The fourth-order valence-electron chi connectivity index (χ4n) is 2.70. The van der Waals surface area contributed by atoms with E-state index in [1.807, 2.05) is 0 Å². The molecule has 2 unspecified atom stereocenters. The smallest absolute Gasteiger partial charge is 0.0934 e. The molecule has 0 saturated heterocycles. The van der Waals surface area contributed by atoms with Gasteiger partial charge in [-0.1, -0.05) is 25.4 Å². The Morgan fingerprint density at radius 1 is 1.56 bits per heavy atom. The SMILES string of the molecule is CC(C)C(CCO)NC1CCCc2sc(Cl)cc21. The Bertz CT molecular complexity index is 391. The molecule has 1 heterocycles. The van der Waals surface area contributed by atoms with E-state index in [0.29, 0.717) is 18.0 Å². The highest BCUT2D eigenvalue weighted by Crippen LogP contribution is 2.38. The van der Waals surface area contributed by atoms with Crippen molar-refractivity contribution in [3.8, 4) is 0 Å². The number of hydrogen-bond donors (Lipinski definition) is 2. The Morgan fingerprint density at radius 3 is 3.00 bits per heavy atom. The average Bonchev–Trinajstić information content (AvgIpc) is 2.69. The number of nitrogens with one attached hydrogen (secondary N) is 1. The summed E-state index contributed by atoms with van der Waals surface area (Å²) < 4.78 is 0.900. The van der Waals surface area contributed by atoms with Crippen LogP contribution < -0.4 is 5.32 Å². The van der Waals surface area contributed by atoms with Crippen molar-refractivity contribution in [2.45, 2.75) is 51.6 Å². The maximum atomic E-state index is 9.16. The van der Waals surface area contributed by atoms with Gasteiger partial charge in [0.2, 0.25) is 0 Å². The molecule has 1 aromatic rings. The predicted molar refractivity (Wildman–Crippen MR) is 78.5 cm³/mol. The largest absolute Gasteiger partial charge is 0.396 e. The summed E-state index contributed by atoms with van der Waals surface area (Å²) in [5.41, 5.74) is 1.39. The van der Waals surface area contributed by atoms with E-state index < -0.39 is 0 Å². The molecule has 4 heteroatoms. The molecule has 0 bridgehead atoms. The second-order valence-corrected chi connectivity index (χ2v) is 7.17. The summed E-state index contributed by atoms with van der Waals surface area (Å²) in [6.07, 6.45) is 4.39. The van der Waals surface area contributed by atoms with Gasteiger partial charge in [-0.3, -0.25) is 0 Å². The topological polar surface area (TPSA) is 32.3 Å². The van der Waals surface area contributed by atoms with Crippen molar-refractivity contribution in [3.63, 3.8) is 0 Å². The Kier molecular flexibility index (Phi) is 5.07. The number of aliphatic hydroxyl groups is 1. The van der Waals surface area contributed by atoms with Crippen LogP contribution in [-0.4, -0.2) is 17.8 Å². The molecule has 1 aliphatic rings. The van der Waals surface area contributed by atoms with Crippen LogP contribution in [0.3, 0.4) is 0 Å². The summed E-state index contributed by atoms with van der Waals surface area (Å²) >= 11 is 7.85. The lowest BCUT2D eigenvalue weighted by Crippen LogP contribution is -2.38. The molecule has 0 amide bonds. The standard InChI is InChI=1S/C14H22ClNOS/c1-9(2)11(6-7-17)16-12-4-3-5-13-10(12)8-14(15)18-13/h8-9,11-12,16-17H,3-7H2,1-2H3. The molecule has 0 fully saturated rings. The van der Waals surface area contributed by atoms with Gasteiger partial charge in [-0.15, -0.1) is 11.3 Å². The molecule has 1 aromatic heterocycles. The van der Waals surface area contributed by atoms with Gasteiger partial charge in [0.05, 0.1) is 4.34 Å². The molecule has 1 aliphatic carbocycles. The molecule has 2 N–H and O–H groups in total. The van der Waals surface area contributed by atoms with E-state index in [1.54, 1.807) is 11.3 Å². The van der Waals surface area contributed by atoms with Crippen molar-refractivity contribution in [2.75, 3.05) is 6.61 Å². The molecule has 0 radical (unpaired) electrons. The van der Waals surface area contributed by atoms with Gasteiger partial charge in [0.1, 0.15) is 0 Å². The fraction of sp³-hybridized carbons (Fsp3) is 0.714. The molecule has 2 nitrogen and oxygen atoms in total. The summed E-state index contributed by atoms with van der Waals surface area (Å²) in [4.78, 5) is 1.44. The fourth-order valence-corrected chi connectivity index (χ4v) is 4.08. The second-order valence-electron chi connectivity index (χ2n) is 5.40. The number of aryl methyl sites for hydroxylation is 1. The third-order valence-electron chi connectivity index (χ3n) is 3.74. The summed E-state index contributed by atoms with van der Waals surface area (Å²) in [7, 11) is 0. The molecule has 0 aromatic carbocycles. The second kappa shape index (κ2) is 6.38. The number of thiophene rings is 1. The highest BCUT2D eigenvalue weighted by molar-refractivity contribution is 7.16. The van der Waals surface area contributed by atoms with Gasteiger partial charge in [0.25, 0.3) is 0 Å². The average molecular weight is 288 g/mol. The van der Waals surface area contributed by atoms with Crippen molar-refractivity contribution >= 4 is 22.9 Å². The molecule has 0 spiro atoms. The van der Waals surface area contributed by atoms with E-state index in [-0.39, 0.29) is 6.61 Å². The van der Waals surface area contributed by atoms with Crippen LogP contribution in [0.1, 0.15) is 49.6 Å². The zero-order chi connectivity index (χ0) is 13.1. The van der Waals surface area contributed by atoms with Crippen LogP contribution in [0, 0.1) is 5.92 Å². The van der Waals surface area contributed by atoms with Crippen molar-refractivity contribution in [1.29, 1.82) is 0 Å². The molecular weight excluding hydrogens is 266 g/mol. The number of hydrogen-bond acceptors (Lipinski definition) is 3. The first-order valence-electron chi connectivity index (χ1n) is 6.76. The Labute approximate surface area is 118 Å². The highest BCUT2D eigenvalue weighted by Gasteiger charge is 2.25. The quantitative estimate of drug-likeness (QED) is 0.864. The lowest BCUT2D eigenvalue weighted by molar-refractivity contribution is 0.231. The monoisotopic (exact) mass is 287 g/mol. The minimum absolute atomic E-state index is 0.250. The third kappa shape index (κ3) is 3.27. The summed E-state index contributed by atoms with van der Waals surface area (Å²) in [6, 6.07) is 2.91. The maximum Gasteiger partial charge on any atom is 0.0934 e. The molecule has 0 aliphatic heterocycles. The molecule has 2 atom stereocenters. The summed E-state index contributed by atoms with van der Waals surface area (Å²) in [5, 5.41) is 12.9. The van der Waals surface area contributed by atoms with Gasteiger partial charge < -0.3 is 10.4 Å². The molecule has 2 rings (SSSR count). The van der Waals surface area contributed by atoms with Crippen LogP contribution in [-0.2, 0) is 6.42 Å². The lowest BCUT2D eigenvalue weighted by atomic mass is 9.91. The van der Waals surface area contributed by atoms with Crippen LogP contribution in [0.15, 0.2) is 6.07 Å². The molecule has 18 heavy (non-hydrogen) atoms. The van der Waals surface area contributed by atoms with Crippen molar-refractivity contribution in [2.24, 2.45) is 5.92 Å². The first kappa shape index (κ1) is 14.3. The van der Waals surface area contributed by atoms with Crippen LogP contribution in [0.4, 0.5) is 0 Å². The first-order valence-corrected chi connectivity index (χ1v) is 7.96. The Morgan fingerprint density at radius 2 is 2.33 bits per heavy atom. The minimum atomic E-state index is 0.250. The minimum Gasteiger partial charge on any atom is -0.396 e. The Balaban J connectivity index is 2.09.